The number of nitrogens with one attached hydrogen (secondary N) is 1. The second kappa shape index (κ2) is 12.0. The highest BCUT2D eigenvalue weighted by Gasteiger charge is 2.32. The lowest BCUT2D eigenvalue weighted by molar-refractivity contribution is -0.140. The third-order valence-electron chi connectivity index (χ3n) is 5.74. The van der Waals surface area contributed by atoms with E-state index in [1.165, 1.54) is 4.90 Å². The van der Waals surface area contributed by atoms with Gasteiger partial charge in [0.1, 0.15) is 12.6 Å². The number of hydrogen-bond donors (Lipinski definition) is 1. The fraction of sp³-hybridized carbons (Fsp3) is 0.462. The molecule has 8 heteroatoms. The third-order valence-corrected chi connectivity index (χ3v) is 6.87. The lowest BCUT2D eigenvalue weighted by Crippen LogP contribution is -2.53. The summed E-state index contributed by atoms with van der Waals surface area (Å²) in [6.07, 6.45) is 2.12. The minimum absolute atomic E-state index is 0.0825. The van der Waals surface area contributed by atoms with Crippen LogP contribution in [0.3, 0.4) is 0 Å². The Kier molecular flexibility index (Phi) is 9.67. The van der Waals surface area contributed by atoms with Gasteiger partial charge in [-0.05, 0) is 56.4 Å². The summed E-state index contributed by atoms with van der Waals surface area (Å²) in [5.41, 5.74) is 3.22. The van der Waals surface area contributed by atoms with E-state index in [4.69, 9.17) is 0 Å². The van der Waals surface area contributed by atoms with E-state index in [-0.39, 0.29) is 25.0 Å². The maximum Gasteiger partial charge on any atom is 0.244 e. The second-order valence-corrected chi connectivity index (χ2v) is 10.7. The first-order valence-electron chi connectivity index (χ1n) is 11.7. The zero-order valence-corrected chi connectivity index (χ0v) is 21.9. The van der Waals surface area contributed by atoms with Crippen molar-refractivity contribution in [2.24, 2.45) is 0 Å². The van der Waals surface area contributed by atoms with Crippen LogP contribution in [0.15, 0.2) is 48.5 Å². The number of aryl methyl sites for hydroxylation is 2. The predicted molar refractivity (Wildman–Crippen MR) is 137 cm³/mol. The summed E-state index contributed by atoms with van der Waals surface area (Å²) >= 11 is 0. The van der Waals surface area contributed by atoms with Crippen molar-refractivity contribution in [1.82, 2.24) is 10.2 Å². The summed E-state index contributed by atoms with van der Waals surface area (Å²) < 4.78 is 26.7. The first kappa shape index (κ1) is 27.4. The van der Waals surface area contributed by atoms with Crippen molar-refractivity contribution in [1.29, 1.82) is 0 Å². The van der Waals surface area contributed by atoms with Gasteiger partial charge in [-0.15, -0.1) is 0 Å². The molecule has 1 atom stereocenters. The van der Waals surface area contributed by atoms with Crippen molar-refractivity contribution in [2.45, 2.75) is 66.1 Å². The smallest absolute Gasteiger partial charge is 0.244 e. The summed E-state index contributed by atoms with van der Waals surface area (Å²) in [6, 6.07) is 14.0. The van der Waals surface area contributed by atoms with Gasteiger partial charge in [-0.3, -0.25) is 13.9 Å². The molecule has 2 aromatic carbocycles. The molecule has 0 saturated heterocycles. The average Bonchev–Trinajstić information content (AvgIpc) is 2.77. The number of para-hydroxylation sites is 1. The van der Waals surface area contributed by atoms with Crippen molar-refractivity contribution in [3.8, 4) is 0 Å². The largest absolute Gasteiger partial charge is 0.352 e. The van der Waals surface area contributed by atoms with E-state index in [1.54, 1.807) is 12.1 Å². The van der Waals surface area contributed by atoms with Crippen LogP contribution in [0, 0.1) is 6.92 Å². The van der Waals surface area contributed by atoms with Crippen molar-refractivity contribution < 1.29 is 18.0 Å². The lowest BCUT2D eigenvalue weighted by atomic mass is 10.1. The first-order chi connectivity index (χ1) is 16.0. The molecule has 0 aliphatic rings. The normalized spacial score (nSPS) is 12.3. The number of anilines is 1. The van der Waals surface area contributed by atoms with Gasteiger partial charge in [0.2, 0.25) is 21.8 Å². The molecule has 2 aromatic rings. The lowest BCUT2D eigenvalue weighted by Gasteiger charge is -2.34. The minimum atomic E-state index is -3.75. The van der Waals surface area contributed by atoms with Gasteiger partial charge in [0.25, 0.3) is 0 Å². The number of nitrogens with zero attached hydrogens (tertiary/aromatic N) is 2. The van der Waals surface area contributed by atoms with Gasteiger partial charge in [0, 0.05) is 12.6 Å². The molecule has 0 saturated carbocycles. The van der Waals surface area contributed by atoms with Crippen LogP contribution in [0.25, 0.3) is 0 Å². The zero-order valence-electron chi connectivity index (χ0n) is 21.0. The maximum absolute atomic E-state index is 13.7. The van der Waals surface area contributed by atoms with Crippen LogP contribution in [0.5, 0.6) is 0 Å². The van der Waals surface area contributed by atoms with E-state index in [0.717, 1.165) is 27.3 Å². The second-order valence-electron chi connectivity index (χ2n) is 8.79. The fourth-order valence-corrected chi connectivity index (χ4v) is 4.80. The fourth-order valence-electron chi connectivity index (χ4n) is 3.92. The number of benzene rings is 2. The zero-order chi connectivity index (χ0) is 25.5. The molecular weight excluding hydrogens is 450 g/mol. The van der Waals surface area contributed by atoms with E-state index in [2.05, 4.69) is 5.32 Å². The summed E-state index contributed by atoms with van der Waals surface area (Å²) in [5, 5.41) is 2.90. The van der Waals surface area contributed by atoms with Crippen molar-refractivity contribution in [3.05, 3.63) is 65.2 Å². The Balaban J connectivity index is 2.49. The number of sulfonamides is 1. The predicted octanol–water partition coefficient (Wildman–Crippen LogP) is 3.66. The van der Waals surface area contributed by atoms with Crippen LogP contribution >= 0.6 is 0 Å². The molecule has 1 N–H and O–H groups in total. The molecule has 34 heavy (non-hydrogen) atoms. The SMILES string of the molecule is CCc1ccccc1N(CC(=O)N(Cc1ccccc1C)[C@H](CC)C(=O)NC(C)C)S(C)(=O)=O. The standard InChI is InChI=1S/C26H37N3O4S/c1-7-21-14-11-12-16-24(21)29(34(6,32)33)18-25(30)28(17-22-15-10-9-13-20(22)5)23(8-2)26(31)27-19(3)4/h9-16,19,23H,7-8,17-18H2,1-6H3,(H,27,31)/t23-/m1/s1. The molecular formula is C26H37N3O4S. The molecule has 0 aromatic heterocycles. The highest BCUT2D eigenvalue weighted by Crippen LogP contribution is 2.24. The van der Waals surface area contributed by atoms with E-state index in [9.17, 15) is 18.0 Å². The molecule has 0 bridgehead atoms. The summed E-state index contributed by atoms with van der Waals surface area (Å²) in [6.45, 7) is 9.30. The van der Waals surface area contributed by atoms with Gasteiger partial charge < -0.3 is 10.2 Å². The quantitative estimate of drug-likeness (QED) is 0.524. The van der Waals surface area contributed by atoms with Gasteiger partial charge in [0.15, 0.2) is 0 Å². The van der Waals surface area contributed by atoms with Crippen LogP contribution in [-0.4, -0.2) is 50.0 Å². The topological polar surface area (TPSA) is 86.8 Å². The number of rotatable bonds is 11. The average molecular weight is 488 g/mol. The number of amides is 2. The molecule has 0 radical (unpaired) electrons. The summed E-state index contributed by atoms with van der Waals surface area (Å²) in [4.78, 5) is 28.2. The molecule has 0 aliphatic carbocycles. The van der Waals surface area contributed by atoms with Gasteiger partial charge in [-0.2, -0.15) is 0 Å². The monoisotopic (exact) mass is 487 g/mol. The van der Waals surface area contributed by atoms with Crippen LogP contribution in [-0.2, 0) is 32.6 Å². The van der Waals surface area contributed by atoms with Gasteiger partial charge in [-0.1, -0.05) is 56.3 Å². The number of carbonyl (C=O) groups is 2. The third kappa shape index (κ3) is 7.06. The molecule has 0 fully saturated rings. The highest BCUT2D eigenvalue weighted by atomic mass is 32.2. The van der Waals surface area contributed by atoms with Gasteiger partial charge >= 0.3 is 0 Å². The van der Waals surface area contributed by atoms with Crippen LogP contribution < -0.4 is 9.62 Å². The van der Waals surface area contributed by atoms with Crippen molar-refractivity contribution >= 4 is 27.5 Å². The minimum Gasteiger partial charge on any atom is -0.352 e. The first-order valence-corrected chi connectivity index (χ1v) is 13.5. The van der Waals surface area contributed by atoms with Crippen LogP contribution in [0.4, 0.5) is 5.69 Å². The number of hydrogen-bond acceptors (Lipinski definition) is 4. The van der Waals surface area contributed by atoms with Gasteiger partial charge in [-0.25, -0.2) is 8.42 Å². The molecule has 7 nitrogen and oxygen atoms in total. The van der Waals surface area contributed by atoms with E-state index in [1.807, 2.05) is 71.0 Å². The molecule has 0 aliphatic heterocycles. The van der Waals surface area contributed by atoms with E-state index in [0.29, 0.717) is 18.5 Å². The molecule has 2 amide bonds. The Morgan fingerprint density at radius 2 is 1.56 bits per heavy atom. The number of carbonyl (C=O) groups excluding carboxylic acids is 2. The summed E-state index contributed by atoms with van der Waals surface area (Å²) in [5.74, 6) is -0.676. The van der Waals surface area contributed by atoms with Crippen molar-refractivity contribution in [2.75, 3.05) is 17.1 Å². The molecule has 0 unspecified atom stereocenters. The summed E-state index contributed by atoms with van der Waals surface area (Å²) in [7, 11) is -3.75. The highest BCUT2D eigenvalue weighted by molar-refractivity contribution is 7.92. The molecule has 0 heterocycles. The van der Waals surface area contributed by atoms with Crippen LogP contribution in [0.1, 0.15) is 50.8 Å². The molecule has 0 spiro atoms. The Labute approximate surface area is 204 Å². The van der Waals surface area contributed by atoms with E-state index >= 15 is 0 Å². The Bertz CT molecular complexity index is 1100. The molecule has 2 rings (SSSR count). The Morgan fingerprint density at radius 1 is 0.971 bits per heavy atom. The van der Waals surface area contributed by atoms with E-state index < -0.39 is 22.0 Å². The van der Waals surface area contributed by atoms with Crippen molar-refractivity contribution in [3.63, 3.8) is 0 Å². The Morgan fingerprint density at radius 3 is 2.09 bits per heavy atom. The maximum atomic E-state index is 13.7. The van der Waals surface area contributed by atoms with Crippen LogP contribution in [0.2, 0.25) is 0 Å². The molecule has 186 valence electrons. The van der Waals surface area contributed by atoms with Gasteiger partial charge in [0.05, 0.1) is 11.9 Å². The Hall–Kier alpha value is -2.87.